The maximum Gasteiger partial charge on any atom is 0.311 e. The van der Waals surface area contributed by atoms with Crippen LogP contribution in [0.15, 0.2) is 5.38 Å². The van der Waals surface area contributed by atoms with Gasteiger partial charge >= 0.3 is 5.97 Å². The van der Waals surface area contributed by atoms with E-state index in [2.05, 4.69) is 20.4 Å². The minimum Gasteiger partial charge on any atom is -0.469 e. The molecule has 0 radical (unpaired) electrons. The molecule has 7 heteroatoms. The summed E-state index contributed by atoms with van der Waals surface area (Å²) in [6, 6.07) is 0. The van der Waals surface area contributed by atoms with Crippen LogP contribution in [0.4, 0.5) is 5.13 Å². The van der Waals surface area contributed by atoms with E-state index >= 15 is 0 Å². The van der Waals surface area contributed by atoms with Crippen molar-refractivity contribution in [3.05, 3.63) is 11.1 Å². The molecule has 0 unspecified atom stereocenters. The summed E-state index contributed by atoms with van der Waals surface area (Å²) in [5, 5.41) is 8.14. The summed E-state index contributed by atoms with van der Waals surface area (Å²) in [7, 11) is 1.34. The highest BCUT2D eigenvalue weighted by atomic mass is 32.1. The summed E-state index contributed by atoms with van der Waals surface area (Å²) in [5.41, 5.74) is 0.383. The number of nitrogens with one attached hydrogen (secondary N) is 2. The van der Waals surface area contributed by atoms with Crippen molar-refractivity contribution in [2.45, 2.75) is 32.7 Å². The number of amides is 1. The van der Waals surface area contributed by atoms with Crippen LogP contribution in [0, 0.1) is 0 Å². The highest BCUT2D eigenvalue weighted by molar-refractivity contribution is 7.13. The molecule has 1 amide bonds. The Morgan fingerprint density at radius 2 is 2.11 bits per heavy atom. The highest BCUT2D eigenvalue weighted by Gasteiger charge is 2.14. The number of rotatable bonds is 5. The van der Waals surface area contributed by atoms with E-state index in [1.165, 1.54) is 18.4 Å². The largest absolute Gasteiger partial charge is 0.469 e. The fourth-order valence-corrected chi connectivity index (χ4v) is 2.02. The second kappa shape index (κ2) is 6.51. The topological polar surface area (TPSA) is 80.3 Å². The van der Waals surface area contributed by atoms with Crippen molar-refractivity contribution in [2.75, 3.05) is 19.0 Å². The average Bonchev–Trinajstić information content (AvgIpc) is 2.71. The van der Waals surface area contributed by atoms with Crippen LogP contribution in [0.3, 0.4) is 0 Å². The molecule has 0 aromatic carbocycles. The fraction of sp³-hybridized carbons (Fsp3) is 0.583. The molecule has 0 fully saturated rings. The molecular weight excluding hydrogens is 266 g/mol. The van der Waals surface area contributed by atoms with Gasteiger partial charge in [0.2, 0.25) is 5.91 Å². The smallest absolute Gasteiger partial charge is 0.311 e. The molecule has 0 aliphatic heterocycles. The van der Waals surface area contributed by atoms with Crippen molar-refractivity contribution in [3.63, 3.8) is 0 Å². The van der Waals surface area contributed by atoms with Crippen LogP contribution in [0.25, 0.3) is 0 Å². The van der Waals surface area contributed by atoms with Gasteiger partial charge in [0.05, 0.1) is 25.8 Å². The molecule has 0 saturated heterocycles. The van der Waals surface area contributed by atoms with Gasteiger partial charge in [0.1, 0.15) is 0 Å². The van der Waals surface area contributed by atoms with Gasteiger partial charge in [-0.2, -0.15) is 0 Å². The standard InChI is InChI=1S/C12H19N3O3S/c1-12(2,3)15-9(16)6-13-11-14-8(7-19-11)5-10(17)18-4/h7H,5-6H2,1-4H3,(H,13,14)(H,15,16). The van der Waals surface area contributed by atoms with E-state index in [0.29, 0.717) is 10.8 Å². The molecule has 6 nitrogen and oxygen atoms in total. The molecule has 0 spiro atoms. The Hall–Kier alpha value is -1.63. The van der Waals surface area contributed by atoms with Crippen molar-refractivity contribution in [3.8, 4) is 0 Å². The Morgan fingerprint density at radius 3 is 2.68 bits per heavy atom. The summed E-state index contributed by atoms with van der Waals surface area (Å²) in [5.74, 6) is -0.431. The van der Waals surface area contributed by atoms with Gasteiger partial charge in [-0.15, -0.1) is 11.3 Å². The van der Waals surface area contributed by atoms with E-state index < -0.39 is 0 Å². The van der Waals surface area contributed by atoms with Crippen LogP contribution >= 0.6 is 11.3 Å². The van der Waals surface area contributed by atoms with Crippen LogP contribution in [-0.4, -0.2) is 36.1 Å². The van der Waals surface area contributed by atoms with Crippen molar-refractivity contribution in [1.82, 2.24) is 10.3 Å². The lowest BCUT2D eigenvalue weighted by Gasteiger charge is -2.20. The van der Waals surface area contributed by atoms with E-state index in [0.717, 1.165) is 0 Å². The third-order valence-electron chi connectivity index (χ3n) is 2.02. The fourth-order valence-electron chi connectivity index (χ4n) is 1.31. The summed E-state index contributed by atoms with van der Waals surface area (Å²) >= 11 is 1.35. The maximum atomic E-state index is 11.6. The quantitative estimate of drug-likeness (QED) is 0.794. The number of esters is 1. The zero-order valence-corrected chi connectivity index (χ0v) is 12.4. The minimum atomic E-state index is -0.331. The number of ether oxygens (including phenoxy) is 1. The molecule has 0 aliphatic carbocycles. The number of carbonyl (C=O) groups excluding carboxylic acids is 2. The summed E-state index contributed by atoms with van der Waals surface area (Å²) in [6.07, 6.45) is 0.142. The van der Waals surface area contributed by atoms with Gasteiger partial charge in [-0.1, -0.05) is 0 Å². The number of carbonyl (C=O) groups is 2. The molecule has 0 saturated carbocycles. The molecular formula is C12H19N3O3S. The van der Waals surface area contributed by atoms with Gasteiger partial charge in [-0.05, 0) is 20.8 Å². The summed E-state index contributed by atoms with van der Waals surface area (Å²) in [6.45, 7) is 5.91. The molecule has 1 heterocycles. The Morgan fingerprint density at radius 1 is 1.42 bits per heavy atom. The number of aromatic nitrogens is 1. The second-order valence-electron chi connectivity index (χ2n) is 5.05. The number of methoxy groups -OCH3 is 1. The predicted molar refractivity (Wildman–Crippen MR) is 74.2 cm³/mol. The molecule has 1 aromatic rings. The SMILES string of the molecule is COC(=O)Cc1csc(NCC(=O)NC(C)(C)C)n1. The van der Waals surface area contributed by atoms with Gasteiger partial charge in [0.15, 0.2) is 5.13 Å². The summed E-state index contributed by atoms with van der Waals surface area (Å²) < 4.78 is 4.56. The summed E-state index contributed by atoms with van der Waals surface area (Å²) in [4.78, 5) is 26.9. The van der Waals surface area contributed by atoms with E-state index in [9.17, 15) is 9.59 Å². The molecule has 106 valence electrons. The third-order valence-corrected chi connectivity index (χ3v) is 2.87. The number of nitrogens with zero attached hydrogens (tertiary/aromatic N) is 1. The Bertz CT molecular complexity index is 451. The monoisotopic (exact) mass is 285 g/mol. The first-order valence-electron chi connectivity index (χ1n) is 5.86. The minimum absolute atomic E-state index is 0.0998. The van der Waals surface area contributed by atoms with E-state index in [-0.39, 0.29) is 30.4 Å². The van der Waals surface area contributed by atoms with Crippen LogP contribution in [0.2, 0.25) is 0 Å². The molecule has 2 N–H and O–H groups in total. The highest BCUT2D eigenvalue weighted by Crippen LogP contribution is 2.15. The third kappa shape index (κ3) is 6.19. The van der Waals surface area contributed by atoms with Gasteiger partial charge in [0.25, 0.3) is 0 Å². The Balaban J connectivity index is 2.42. The molecule has 0 aliphatic rings. The van der Waals surface area contributed by atoms with Crippen molar-refractivity contribution >= 4 is 28.3 Å². The normalized spacial score (nSPS) is 10.9. The first-order chi connectivity index (χ1) is 8.80. The lowest BCUT2D eigenvalue weighted by Crippen LogP contribution is -2.43. The van der Waals surface area contributed by atoms with Gasteiger partial charge < -0.3 is 15.4 Å². The van der Waals surface area contributed by atoms with Gasteiger partial charge in [-0.3, -0.25) is 9.59 Å². The number of hydrogen-bond donors (Lipinski definition) is 2. The zero-order valence-electron chi connectivity index (χ0n) is 11.6. The number of hydrogen-bond acceptors (Lipinski definition) is 6. The lowest BCUT2D eigenvalue weighted by atomic mass is 10.1. The Kier molecular flexibility index (Phi) is 5.29. The maximum absolute atomic E-state index is 11.6. The first-order valence-corrected chi connectivity index (χ1v) is 6.74. The molecule has 19 heavy (non-hydrogen) atoms. The molecule has 1 rings (SSSR count). The van der Waals surface area contributed by atoms with Crippen LogP contribution in [-0.2, 0) is 20.7 Å². The van der Waals surface area contributed by atoms with Crippen LogP contribution in [0.5, 0.6) is 0 Å². The predicted octanol–water partition coefficient (Wildman–Crippen LogP) is 1.19. The molecule has 0 atom stereocenters. The molecule has 1 aromatic heterocycles. The lowest BCUT2D eigenvalue weighted by molar-refractivity contribution is -0.139. The van der Waals surface area contributed by atoms with Gasteiger partial charge in [0, 0.05) is 10.9 Å². The van der Waals surface area contributed by atoms with Gasteiger partial charge in [-0.25, -0.2) is 4.98 Å². The van der Waals surface area contributed by atoms with Crippen LogP contribution < -0.4 is 10.6 Å². The van der Waals surface area contributed by atoms with E-state index in [1.54, 1.807) is 5.38 Å². The number of anilines is 1. The zero-order chi connectivity index (χ0) is 14.5. The molecule has 0 bridgehead atoms. The average molecular weight is 285 g/mol. The number of thiazole rings is 1. The Labute approximate surface area is 116 Å². The van der Waals surface area contributed by atoms with Crippen LogP contribution in [0.1, 0.15) is 26.5 Å². The van der Waals surface area contributed by atoms with Crippen molar-refractivity contribution in [2.24, 2.45) is 0 Å². The van der Waals surface area contributed by atoms with E-state index in [4.69, 9.17) is 0 Å². The van der Waals surface area contributed by atoms with Crippen molar-refractivity contribution in [1.29, 1.82) is 0 Å². The van der Waals surface area contributed by atoms with E-state index in [1.807, 2.05) is 20.8 Å². The first kappa shape index (κ1) is 15.4. The second-order valence-corrected chi connectivity index (χ2v) is 5.91. The van der Waals surface area contributed by atoms with Crippen molar-refractivity contribution < 1.29 is 14.3 Å².